The average Bonchev–Trinajstić information content (AvgIpc) is 2.15. The van der Waals surface area contributed by atoms with E-state index in [2.05, 4.69) is 13.8 Å². The van der Waals surface area contributed by atoms with Gasteiger partial charge in [-0.25, -0.2) is 4.79 Å². The predicted octanol–water partition coefficient (Wildman–Crippen LogP) is 4.63. The third-order valence-electron chi connectivity index (χ3n) is 2.40. The molecule has 0 amide bonds. The molecule has 0 unspecified atom stereocenters. The maximum atomic E-state index is 11.7. The van der Waals surface area contributed by atoms with E-state index >= 15 is 0 Å². The molecule has 0 aromatic carbocycles. The molecule has 0 N–H and O–H groups in total. The van der Waals surface area contributed by atoms with Crippen LogP contribution in [0.1, 0.15) is 73.1 Å². The van der Waals surface area contributed by atoms with Crippen molar-refractivity contribution in [3.63, 3.8) is 0 Å². The van der Waals surface area contributed by atoms with Crippen LogP contribution in [0, 0.1) is 0 Å². The highest BCUT2D eigenvalue weighted by Gasteiger charge is 2.14. The molecule has 0 aromatic heterocycles. The monoisotopic (exact) mass is 240 g/mol. The predicted molar refractivity (Wildman–Crippen MR) is 73.0 cm³/mol. The summed E-state index contributed by atoms with van der Waals surface area (Å²) in [7, 11) is 0. The molecule has 0 fully saturated rings. The molecule has 0 aliphatic rings. The summed E-state index contributed by atoms with van der Waals surface area (Å²) in [5, 5.41) is 0. The maximum Gasteiger partial charge on any atom is 0.331 e. The van der Waals surface area contributed by atoms with Crippen molar-refractivity contribution in [1.29, 1.82) is 0 Å². The zero-order valence-corrected chi connectivity index (χ0v) is 12.1. The lowest BCUT2D eigenvalue weighted by molar-refractivity contribution is -0.148. The number of unbranched alkanes of at least 4 members (excludes halogenated alkanes) is 2. The summed E-state index contributed by atoms with van der Waals surface area (Å²) in [6.07, 6.45) is 8.43. The van der Waals surface area contributed by atoms with Crippen molar-refractivity contribution in [1.82, 2.24) is 0 Å². The minimum Gasteiger partial charge on any atom is -0.457 e. The van der Waals surface area contributed by atoms with Gasteiger partial charge in [0.05, 0.1) is 0 Å². The Morgan fingerprint density at radius 2 is 1.71 bits per heavy atom. The van der Waals surface area contributed by atoms with Crippen molar-refractivity contribution in [2.24, 2.45) is 0 Å². The molecule has 0 atom stereocenters. The first-order valence-electron chi connectivity index (χ1n) is 6.81. The molecular formula is C15H28O2. The first-order chi connectivity index (χ1) is 7.89. The highest BCUT2D eigenvalue weighted by molar-refractivity contribution is 5.83. The van der Waals surface area contributed by atoms with E-state index < -0.39 is 5.60 Å². The molecule has 0 radical (unpaired) electrons. The Morgan fingerprint density at radius 1 is 1.06 bits per heavy atom. The number of carbonyl (C=O) groups is 1. The SMILES string of the molecule is CCCCCC(=CC(=O)OC(C)(C)C)CCC. The quantitative estimate of drug-likeness (QED) is 0.368. The van der Waals surface area contributed by atoms with Gasteiger partial charge in [0.1, 0.15) is 5.60 Å². The van der Waals surface area contributed by atoms with E-state index in [1.54, 1.807) is 6.08 Å². The molecule has 0 spiro atoms. The number of hydrogen-bond acceptors (Lipinski definition) is 2. The molecule has 2 heteroatoms. The van der Waals surface area contributed by atoms with Gasteiger partial charge in [-0.15, -0.1) is 0 Å². The van der Waals surface area contributed by atoms with E-state index in [9.17, 15) is 4.79 Å². The Hall–Kier alpha value is -0.790. The number of ether oxygens (including phenoxy) is 1. The molecule has 0 rings (SSSR count). The largest absolute Gasteiger partial charge is 0.457 e. The fourth-order valence-corrected chi connectivity index (χ4v) is 1.69. The summed E-state index contributed by atoms with van der Waals surface area (Å²) in [4.78, 5) is 11.7. The van der Waals surface area contributed by atoms with E-state index in [4.69, 9.17) is 4.74 Å². The van der Waals surface area contributed by atoms with Gasteiger partial charge in [0, 0.05) is 6.08 Å². The molecule has 0 saturated heterocycles. The van der Waals surface area contributed by atoms with E-state index in [0.717, 1.165) is 19.3 Å². The minimum atomic E-state index is -0.395. The Morgan fingerprint density at radius 3 is 2.18 bits per heavy atom. The standard InChI is InChI=1S/C15H28O2/c1-6-8-9-11-13(10-7-2)12-14(16)17-15(3,4)5/h12H,6-11H2,1-5H3. The van der Waals surface area contributed by atoms with Crippen molar-refractivity contribution in [3.05, 3.63) is 11.6 Å². The van der Waals surface area contributed by atoms with Crippen molar-refractivity contribution in [3.8, 4) is 0 Å². The van der Waals surface area contributed by atoms with Gasteiger partial charge in [0.15, 0.2) is 0 Å². The Labute approximate surface area is 106 Å². The summed E-state index contributed by atoms with van der Waals surface area (Å²) in [6, 6.07) is 0. The number of rotatable bonds is 7. The lowest BCUT2D eigenvalue weighted by Gasteiger charge is -2.18. The zero-order chi connectivity index (χ0) is 13.3. The smallest absolute Gasteiger partial charge is 0.331 e. The molecule has 0 saturated carbocycles. The molecular weight excluding hydrogens is 212 g/mol. The fraction of sp³-hybridized carbons (Fsp3) is 0.800. The van der Waals surface area contributed by atoms with Crippen LogP contribution in [-0.4, -0.2) is 11.6 Å². The van der Waals surface area contributed by atoms with Crippen molar-refractivity contribution in [2.45, 2.75) is 78.7 Å². The summed E-state index contributed by atoms with van der Waals surface area (Å²) in [5.74, 6) is -0.197. The van der Waals surface area contributed by atoms with Gasteiger partial charge in [-0.3, -0.25) is 0 Å². The molecule has 0 aromatic rings. The van der Waals surface area contributed by atoms with Gasteiger partial charge >= 0.3 is 5.97 Å². The maximum absolute atomic E-state index is 11.7. The van der Waals surface area contributed by atoms with E-state index in [0.29, 0.717) is 0 Å². The molecule has 0 bridgehead atoms. The van der Waals surface area contributed by atoms with Crippen LogP contribution in [-0.2, 0) is 9.53 Å². The Bertz CT molecular complexity index is 246. The van der Waals surface area contributed by atoms with Crippen LogP contribution < -0.4 is 0 Å². The first kappa shape index (κ1) is 16.2. The molecule has 0 aliphatic carbocycles. The van der Waals surface area contributed by atoms with Crippen LogP contribution >= 0.6 is 0 Å². The number of hydrogen-bond donors (Lipinski definition) is 0. The van der Waals surface area contributed by atoms with Crippen LogP contribution in [0.4, 0.5) is 0 Å². The second-order valence-corrected chi connectivity index (χ2v) is 5.54. The van der Waals surface area contributed by atoms with Gasteiger partial charge < -0.3 is 4.74 Å². The highest BCUT2D eigenvalue weighted by atomic mass is 16.6. The Kier molecular flexibility index (Phi) is 7.94. The van der Waals surface area contributed by atoms with Gasteiger partial charge in [-0.1, -0.05) is 38.7 Å². The average molecular weight is 240 g/mol. The van der Waals surface area contributed by atoms with Gasteiger partial charge in [0.25, 0.3) is 0 Å². The topological polar surface area (TPSA) is 26.3 Å². The molecule has 0 heterocycles. The third-order valence-corrected chi connectivity index (χ3v) is 2.40. The lowest BCUT2D eigenvalue weighted by Crippen LogP contribution is -2.22. The second-order valence-electron chi connectivity index (χ2n) is 5.54. The molecule has 0 aliphatic heterocycles. The van der Waals surface area contributed by atoms with E-state index in [1.165, 1.54) is 24.8 Å². The summed E-state index contributed by atoms with van der Waals surface area (Å²) >= 11 is 0. The molecule has 17 heavy (non-hydrogen) atoms. The summed E-state index contributed by atoms with van der Waals surface area (Å²) in [5.41, 5.74) is 0.837. The molecule has 2 nitrogen and oxygen atoms in total. The minimum absolute atomic E-state index is 0.197. The number of carbonyl (C=O) groups excluding carboxylic acids is 1. The highest BCUT2D eigenvalue weighted by Crippen LogP contribution is 2.16. The van der Waals surface area contributed by atoms with Crippen molar-refractivity contribution < 1.29 is 9.53 Å². The molecule has 100 valence electrons. The van der Waals surface area contributed by atoms with Crippen molar-refractivity contribution >= 4 is 5.97 Å². The van der Waals surface area contributed by atoms with Gasteiger partial charge in [-0.2, -0.15) is 0 Å². The van der Waals surface area contributed by atoms with Crippen molar-refractivity contribution in [2.75, 3.05) is 0 Å². The van der Waals surface area contributed by atoms with Crippen LogP contribution in [0.2, 0.25) is 0 Å². The summed E-state index contributed by atoms with van der Waals surface area (Å²) in [6.45, 7) is 10.0. The Balaban J connectivity index is 4.31. The van der Waals surface area contributed by atoms with Gasteiger partial charge in [0.2, 0.25) is 0 Å². The normalized spacial score (nSPS) is 12.6. The van der Waals surface area contributed by atoms with Crippen LogP contribution in [0.5, 0.6) is 0 Å². The van der Waals surface area contributed by atoms with Crippen LogP contribution in [0.25, 0.3) is 0 Å². The summed E-state index contributed by atoms with van der Waals surface area (Å²) < 4.78 is 5.31. The fourth-order valence-electron chi connectivity index (χ4n) is 1.69. The van der Waals surface area contributed by atoms with E-state index in [1.807, 2.05) is 20.8 Å². The van der Waals surface area contributed by atoms with Crippen LogP contribution in [0.3, 0.4) is 0 Å². The second kappa shape index (κ2) is 8.32. The van der Waals surface area contributed by atoms with Gasteiger partial charge in [-0.05, 0) is 40.0 Å². The van der Waals surface area contributed by atoms with Crippen LogP contribution in [0.15, 0.2) is 11.6 Å². The zero-order valence-electron chi connectivity index (χ0n) is 12.1. The number of allylic oxidation sites excluding steroid dienone is 1. The number of esters is 1. The first-order valence-corrected chi connectivity index (χ1v) is 6.81. The lowest BCUT2D eigenvalue weighted by atomic mass is 10.0. The third kappa shape index (κ3) is 10.1. The van der Waals surface area contributed by atoms with E-state index in [-0.39, 0.29) is 5.97 Å².